The standard InChI is InChI=1S/C11H16I2O2P2.C2H6/c1-2-3-4-5-9-6-10(14-16-12)8-11(7-9)15-17-13;1-2/h6-8,16-17H,2-5H2,1H3;1-2H3. The molecule has 0 bridgehead atoms. The molecule has 1 aromatic rings. The Bertz CT molecular complexity index is 314. The zero-order valence-corrected chi connectivity index (χ0v) is 17.9. The van der Waals surface area contributed by atoms with Gasteiger partial charge in [-0.05, 0) is 74.6 Å². The summed E-state index contributed by atoms with van der Waals surface area (Å²) in [5.41, 5.74) is 1.32. The second-order valence-corrected chi connectivity index (χ2v) is 6.99. The molecule has 1 aromatic carbocycles. The minimum Gasteiger partial charge on any atom is -0.467 e. The van der Waals surface area contributed by atoms with E-state index in [1.165, 1.54) is 24.8 Å². The fourth-order valence-corrected chi connectivity index (χ4v) is 3.50. The summed E-state index contributed by atoms with van der Waals surface area (Å²) in [6.07, 6.45) is 4.88. The van der Waals surface area contributed by atoms with Gasteiger partial charge in [-0.2, -0.15) is 0 Å². The SMILES string of the molecule is CC.CCCCCc1cc(OPI)cc(OPI)c1. The van der Waals surface area contributed by atoms with Gasteiger partial charge in [0.25, 0.3) is 0 Å². The van der Waals surface area contributed by atoms with Gasteiger partial charge in [0.15, 0.2) is 0 Å². The molecule has 19 heavy (non-hydrogen) atoms. The number of hydrogen-bond acceptors (Lipinski definition) is 2. The van der Waals surface area contributed by atoms with E-state index >= 15 is 0 Å². The Hall–Kier alpha value is 1.14. The van der Waals surface area contributed by atoms with Crippen LogP contribution in [0.4, 0.5) is 0 Å². The Kier molecular flexibility index (Phi) is 14.9. The van der Waals surface area contributed by atoms with E-state index in [4.69, 9.17) is 9.05 Å². The maximum absolute atomic E-state index is 5.57. The van der Waals surface area contributed by atoms with Crippen molar-refractivity contribution in [2.75, 3.05) is 0 Å². The quantitative estimate of drug-likeness (QED) is 0.205. The lowest BCUT2D eigenvalue weighted by atomic mass is 10.1. The van der Waals surface area contributed by atoms with Crippen LogP contribution in [0.15, 0.2) is 18.2 Å². The first-order valence-electron chi connectivity index (χ1n) is 6.49. The summed E-state index contributed by atoms with van der Waals surface area (Å²) in [6, 6.07) is 6.23. The summed E-state index contributed by atoms with van der Waals surface area (Å²) in [5.74, 6) is 1.85. The van der Waals surface area contributed by atoms with E-state index in [0.29, 0.717) is 12.9 Å². The Labute approximate surface area is 146 Å². The fraction of sp³-hybridized carbons (Fsp3) is 0.538. The van der Waals surface area contributed by atoms with Crippen molar-refractivity contribution in [3.05, 3.63) is 23.8 Å². The van der Waals surface area contributed by atoms with Crippen molar-refractivity contribution >= 4 is 57.0 Å². The van der Waals surface area contributed by atoms with Gasteiger partial charge in [-0.15, -0.1) is 0 Å². The van der Waals surface area contributed by atoms with E-state index in [-0.39, 0.29) is 0 Å². The maximum atomic E-state index is 5.57. The normalized spacial score (nSPS) is 10.8. The average Bonchev–Trinajstić information content (AvgIpc) is 2.42. The van der Waals surface area contributed by atoms with E-state index in [2.05, 4.69) is 63.1 Å². The number of unbranched alkanes of at least 4 members (excludes halogenated alkanes) is 2. The first-order valence-corrected chi connectivity index (χ1v) is 14.5. The van der Waals surface area contributed by atoms with E-state index in [0.717, 1.165) is 17.9 Å². The van der Waals surface area contributed by atoms with E-state index in [1.807, 2.05) is 19.9 Å². The van der Waals surface area contributed by atoms with Crippen LogP contribution >= 0.6 is 57.0 Å². The minimum absolute atomic E-state index is 0.447. The van der Waals surface area contributed by atoms with Crippen molar-refractivity contribution in [1.82, 2.24) is 0 Å². The molecule has 0 amide bonds. The first-order chi connectivity index (χ1) is 9.30. The van der Waals surface area contributed by atoms with Crippen LogP contribution in [0.5, 0.6) is 11.5 Å². The molecule has 2 atom stereocenters. The third kappa shape index (κ3) is 9.65. The number of rotatable bonds is 8. The van der Waals surface area contributed by atoms with E-state index in [1.54, 1.807) is 0 Å². The van der Waals surface area contributed by atoms with Crippen LogP contribution in [0.25, 0.3) is 0 Å². The Morgan fingerprint density at radius 1 is 0.947 bits per heavy atom. The zero-order valence-electron chi connectivity index (χ0n) is 11.6. The second-order valence-electron chi connectivity index (χ2n) is 3.63. The predicted molar refractivity (Wildman–Crippen MR) is 107 cm³/mol. The van der Waals surface area contributed by atoms with Crippen LogP contribution < -0.4 is 9.05 Å². The lowest BCUT2D eigenvalue weighted by Gasteiger charge is -2.09. The fourth-order valence-electron chi connectivity index (χ4n) is 1.56. The van der Waals surface area contributed by atoms with Crippen molar-refractivity contribution in [2.24, 2.45) is 0 Å². The molecule has 0 heterocycles. The molecular formula is C13H22I2O2P2. The van der Waals surface area contributed by atoms with Crippen LogP contribution in [0, 0.1) is 0 Å². The third-order valence-electron chi connectivity index (χ3n) is 2.32. The van der Waals surface area contributed by atoms with Crippen LogP contribution in [0.1, 0.15) is 45.6 Å². The molecule has 0 saturated heterocycles. The molecule has 0 aliphatic carbocycles. The Balaban J connectivity index is 0.00000154. The van der Waals surface area contributed by atoms with Crippen LogP contribution in [0.2, 0.25) is 0 Å². The highest BCUT2D eigenvalue weighted by Crippen LogP contribution is 2.34. The van der Waals surface area contributed by atoms with Crippen molar-refractivity contribution in [3.63, 3.8) is 0 Å². The van der Waals surface area contributed by atoms with Gasteiger partial charge < -0.3 is 9.05 Å². The molecule has 2 unspecified atom stereocenters. The molecule has 110 valence electrons. The van der Waals surface area contributed by atoms with Gasteiger partial charge in [0.05, 0.1) is 0 Å². The lowest BCUT2D eigenvalue weighted by Crippen LogP contribution is -1.88. The van der Waals surface area contributed by atoms with Crippen LogP contribution in [-0.2, 0) is 6.42 Å². The smallest absolute Gasteiger partial charge is 0.137 e. The van der Waals surface area contributed by atoms with Crippen LogP contribution in [-0.4, -0.2) is 0 Å². The Morgan fingerprint density at radius 3 is 1.89 bits per heavy atom. The molecule has 0 aromatic heterocycles. The van der Waals surface area contributed by atoms with Crippen LogP contribution in [0.3, 0.4) is 0 Å². The molecule has 0 spiro atoms. The van der Waals surface area contributed by atoms with E-state index < -0.39 is 0 Å². The minimum atomic E-state index is 0.447. The highest BCUT2D eigenvalue weighted by atomic mass is 127. The topological polar surface area (TPSA) is 18.5 Å². The average molecular weight is 526 g/mol. The largest absolute Gasteiger partial charge is 0.467 e. The Morgan fingerprint density at radius 2 is 1.47 bits per heavy atom. The highest BCUT2D eigenvalue weighted by Gasteiger charge is 2.03. The molecule has 0 aliphatic heterocycles. The van der Waals surface area contributed by atoms with E-state index in [9.17, 15) is 0 Å². The molecule has 0 fully saturated rings. The molecule has 1 rings (SSSR count). The van der Waals surface area contributed by atoms with Crippen molar-refractivity contribution in [3.8, 4) is 11.5 Å². The van der Waals surface area contributed by atoms with Crippen molar-refractivity contribution in [1.29, 1.82) is 0 Å². The van der Waals surface area contributed by atoms with Crippen molar-refractivity contribution in [2.45, 2.75) is 46.5 Å². The molecule has 6 heteroatoms. The zero-order chi connectivity index (χ0) is 14.5. The second kappa shape index (κ2) is 14.1. The summed E-state index contributed by atoms with van der Waals surface area (Å²) >= 11 is 4.47. The van der Waals surface area contributed by atoms with Gasteiger partial charge >= 0.3 is 0 Å². The van der Waals surface area contributed by atoms with Crippen molar-refractivity contribution < 1.29 is 9.05 Å². The molecule has 0 aliphatic rings. The number of aryl methyl sites for hydroxylation is 1. The van der Waals surface area contributed by atoms with Gasteiger partial charge in [-0.3, -0.25) is 0 Å². The summed E-state index contributed by atoms with van der Waals surface area (Å²) < 4.78 is 11.1. The highest BCUT2D eigenvalue weighted by molar-refractivity contribution is 14.2. The number of benzene rings is 1. The van der Waals surface area contributed by atoms with Gasteiger partial charge in [-0.1, -0.05) is 33.6 Å². The monoisotopic (exact) mass is 526 g/mol. The van der Waals surface area contributed by atoms with Gasteiger partial charge in [0, 0.05) is 6.07 Å². The molecule has 0 radical (unpaired) electrons. The maximum Gasteiger partial charge on any atom is 0.137 e. The molecular weight excluding hydrogens is 504 g/mol. The van der Waals surface area contributed by atoms with Gasteiger partial charge in [-0.25, -0.2) is 0 Å². The lowest BCUT2D eigenvalue weighted by molar-refractivity contribution is 0.610. The molecule has 0 N–H and O–H groups in total. The first kappa shape index (κ1) is 20.1. The van der Waals surface area contributed by atoms with Gasteiger partial charge in [0.1, 0.15) is 24.4 Å². The molecule has 2 nitrogen and oxygen atoms in total. The predicted octanol–water partition coefficient (Wildman–Crippen LogP) is 7.09. The summed E-state index contributed by atoms with van der Waals surface area (Å²) in [5, 5.41) is 0. The summed E-state index contributed by atoms with van der Waals surface area (Å²) in [7, 11) is 0. The van der Waals surface area contributed by atoms with Gasteiger partial charge in [0.2, 0.25) is 0 Å². The number of halogens is 2. The molecule has 0 saturated carbocycles. The summed E-state index contributed by atoms with van der Waals surface area (Å²) in [6.45, 7) is 7.12. The third-order valence-corrected chi connectivity index (χ3v) is 4.27. The summed E-state index contributed by atoms with van der Waals surface area (Å²) in [4.78, 5) is 0. The number of hydrogen-bond donors (Lipinski definition) is 0.